The Hall–Kier alpha value is -2.71. The summed E-state index contributed by atoms with van der Waals surface area (Å²) in [6.45, 7) is 19.5. The van der Waals surface area contributed by atoms with Crippen LogP contribution < -0.4 is 20.2 Å². The van der Waals surface area contributed by atoms with Gasteiger partial charge in [-0.25, -0.2) is 0 Å². The normalized spacial score (nSPS) is 11.6. The number of nitrogens with zero attached hydrogens (tertiary/aromatic N) is 2. The molecule has 0 spiro atoms. The first kappa shape index (κ1) is 27.5. The second kappa shape index (κ2) is 11.6. The molecule has 182 valence electrons. The number of benzene rings is 2. The molecule has 6 heteroatoms. The van der Waals surface area contributed by atoms with Crippen LogP contribution in [0.25, 0.3) is 0 Å². The monoisotopic (exact) mass is 492 g/mol. The van der Waals surface area contributed by atoms with Gasteiger partial charge in [0.05, 0.1) is 0 Å². The molecule has 0 heterocycles. The van der Waals surface area contributed by atoms with Crippen molar-refractivity contribution >= 4 is 49.7 Å². The molecule has 0 radical (unpaired) electrons. The van der Waals surface area contributed by atoms with Gasteiger partial charge in [-0.3, -0.25) is 9.59 Å². The van der Waals surface area contributed by atoms with Crippen molar-refractivity contribution in [1.82, 2.24) is 0 Å². The Morgan fingerprint density at radius 3 is 1.79 bits per heavy atom. The molecule has 2 rings (SSSR count). The lowest BCUT2D eigenvalue weighted by atomic mass is 10.1. The van der Waals surface area contributed by atoms with Crippen LogP contribution in [0.5, 0.6) is 0 Å². The van der Waals surface area contributed by atoms with Crippen LogP contribution in [0.3, 0.4) is 0 Å². The first-order valence-corrected chi connectivity index (χ1v) is 18.2. The van der Waals surface area contributed by atoms with E-state index in [1.54, 1.807) is 11.9 Å². The molecule has 0 N–H and O–H groups in total. The molecule has 0 bridgehead atoms. The van der Waals surface area contributed by atoms with Gasteiger partial charge in [0.25, 0.3) is 0 Å². The van der Waals surface area contributed by atoms with E-state index in [1.165, 1.54) is 10.4 Å². The molecule has 0 saturated heterocycles. The van der Waals surface area contributed by atoms with Crippen LogP contribution in [0.4, 0.5) is 11.4 Å². The maximum atomic E-state index is 13.0. The lowest BCUT2D eigenvalue weighted by Gasteiger charge is -2.25. The van der Waals surface area contributed by atoms with Gasteiger partial charge in [-0.05, 0) is 37.6 Å². The number of rotatable bonds is 11. The van der Waals surface area contributed by atoms with Crippen LogP contribution >= 0.6 is 0 Å². The minimum atomic E-state index is -1.71. The third kappa shape index (κ3) is 6.67. The van der Waals surface area contributed by atoms with Crippen molar-refractivity contribution in [2.45, 2.75) is 52.4 Å². The number of carbonyl (C=O) groups is 2. The summed E-state index contributed by atoms with van der Waals surface area (Å²) in [5, 5.41) is 2.51. The molecule has 0 atom stereocenters. The Labute approximate surface area is 208 Å². The molecule has 0 aliphatic rings. The van der Waals surface area contributed by atoms with Crippen molar-refractivity contribution in [1.29, 1.82) is 0 Å². The highest BCUT2D eigenvalue weighted by Crippen LogP contribution is 2.19. The topological polar surface area (TPSA) is 40.6 Å². The van der Waals surface area contributed by atoms with E-state index in [0.717, 1.165) is 11.4 Å². The summed E-state index contributed by atoms with van der Waals surface area (Å²) >= 11 is 0. The molecule has 0 fully saturated rings. The first-order chi connectivity index (χ1) is 16.0. The number of amides is 2. The Morgan fingerprint density at radius 1 is 0.824 bits per heavy atom. The molecule has 34 heavy (non-hydrogen) atoms. The quantitative estimate of drug-likeness (QED) is 0.407. The van der Waals surface area contributed by atoms with Gasteiger partial charge in [0.1, 0.15) is 16.1 Å². The van der Waals surface area contributed by atoms with E-state index in [4.69, 9.17) is 0 Å². The van der Waals surface area contributed by atoms with Gasteiger partial charge in [0.2, 0.25) is 11.8 Å². The highest BCUT2D eigenvalue weighted by Gasteiger charge is 2.23. The number of carbonyl (C=O) groups excluding carboxylic acids is 2. The van der Waals surface area contributed by atoms with Crippen molar-refractivity contribution in [3.8, 4) is 0 Å². The van der Waals surface area contributed by atoms with Crippen molar-refractivity contribution in [2.75, 3.05) is 23.4 Å². The molecular formula is C28H40N2O2Si2. The Balaban J connectivity index is 2.02. The molecular weight excluding hydrogens is 452 g/mol. The summed E-state index contributed by atoms with van der Waals surface area (Å²) in [4.78, 5) is 29.4. The van der Waals surface area contributed by atoms with E-state index in [2.05, 4.69) is 75.0 Å². The van der Waals surface area contributed by atoms with E-state index in [0.29, 0.717) is 25.8 Å². The molecule has 2 aromatic carbocycles. The van der Waals surface area contributed by atoms with Gasteiger partial charge in [-0.1, -0.05) is 72.2 Å². The molecule has 0 aliphatic carbocycles. The average molecular weight is 493 g/mol. The number of hydrogen-bond donors (Lipinski definition) is 0. The fourth-order valence-corrected chi connectivity index (χ4v) is 6.33. The standard InChI is InChI=1S/C28H40N2O2Si2/c1-9-30(24-16-13-18-26(22-24)34(7,8)11-3)28(32)20-14-19-27(31)29(4)23-15-12-17-25(21-23)33(5,6)10-2/h10-13,15-18,21-22H,2-3,9,14,19-20H2,1,4-8H3. The zero-order valence-electron chi connectivity index (χ0n) is 21.7. The van der Waals surface area contributed by atoms with Crippen LogP contribution in [0.2, 0.25) is 26.2 Å². The summed E-state index contributed by atoms with van der Waals surface area (Å²) in [5.74, 6) is 0.0701. The van der Waals surface area contributed by atoms with E-state index < -0.39 is 16.1 Å². The fraction of sp³-hybridized carbons (Fsp3) is 0.357. The number of hydrogen-bond acceptors (Lipinski definition) is 2. The highest BCUT2D eigenvalue weighted by atomic mass is 28.3. The Morgan fingerprint density at radius 2 is 1.29 bits per heavy atom. The van der Waals surface area contributed by atoms with E-state index in [-0.39, 0.29) is 11.8 Å². The Bertz CT molecular complexity index is 1050. The van der Waals surface area contributed by atoms with E-state index in [9.17, 15) is 9.59 Å². The molecule has 0 aliphatic heterocycles. The lowest BCUT2D eigenvalue weighted by molar-refractivity contribution is -0.119. The van der Waals surface area contributed by atoms with Gasteiger partial charge < -0.3 is 9.80 Å². The van der Waals surface area contributed by atoms with Crippen molar-refractivity contribution in [3.05, 3.63) is 73.1 Å². The molecule has 0 unspecified atom stereocenters. The largest absolute Gasteiger partial charge is 0.316 e. The van der Waals surface area contributed by atoms with Gasteiger partial charge >= 0.3 is 0 Å². The van der Waals surface area contributed by atoms with E-state index >= 15 is 0 Å². The predicted molar refractivity (Wildman–Crippen MR) is 153 cm³/mol. The van der Waals surface area contributed by atoms with Crippen LogP contribution in [0.1, 0.15) is 26.2 Å². The van der Waals surface area contributed by atoms with Crippen molar-refractivity contribution in [2.24, 2.45) is 0 Å². The minimum absolute atomic E-state index is 0.0202. The first-order valence-electron chi connectivity index (χ1n) is 12.0. The van der Waals surface area contributed by atoms with Gasteiger partial charge in [0.15, 0.2) is 0 Å². The molecule has 2 aromatic rings. The average Bonchev–Trinajstić information content (AvgIpc) is 2.84. The molecule has 0 saturated carbocycles. The Kier molecular flexibility index (Phi) is 9.41. The van der Waals surface area contributed by atoms with Gasteiger partial charge in [-0.2, -0.15) is 0 Å². The zero-order chi connectivity index (χ0) is 25.5. The van der Waals surface area contributed by atoms with Crippen molar-refractivity contribution < 1.29 is 9.59 Å². The third-order valence-electron chi connectivity index (χ3n) is 6.67. The lowest BCUT2D eigenvalue weighted by Crippen LogP contribution is -2.40. The van der Waals surface area contributed by atoms with Crippen LogP contribution in [-0.4, -0.2) is 41.6 Å². The smallest absolute Gasteiger partial charge is 0.226 e. The molecule has 4 nitrogen and oxygen atoms in total. The second-order valence-corrected chi connectivity index (χ2v) is 18.8. The number of anilines is 2. The predicted octanol–water partition coefficient (Wildman–Crippen LogP) is 5.15. The second-order valence-electron chi connectivity index (χ2n) is 9.90. The van der Waals surface area contributed by atoms with Crippen LogP contribution in [-0.2, 0) is 9.59 Å². The summed E-state index contributed by atoms with van der Waals surface area (Å²) in [6.07, 6.45) is 1.21. The van der Waals surface area contributed by atoms with Crippen LogP contribution in [0.15, 0.2) is 73.1 Å². The highest BCUT2D eigenvalue weighted by molar-refractivity contribution is 6.94. The SMILES string of the molecule is C=C[Si](C)(C)c1cccc(N(C)C(=O)CCCC(=O)N(CC)c2cccc([Si](C)(C)C=C)c2)c1. The minimum Gasteiger partial charge on any atom is -0.316 e. The van der Waals surface area contributed by atoms with Crippen molar-refractivity contribution in [3.63, 3.8) is 0 Å². The fourth-order valence-electron chi connectivity index (χ4n) is 3.77. The van der Waals surface area contributed by atoms with Gasteiger partial charge in [0, 0.05) is 37.8 Å². The zero-order valence-corrected chi connectivity index (χ0v) is 23.7. The maximum Gasteiger partial charge on any atom is 0.226 e. The summed E-state index contributed by atoms with van der Waals surface area (Å²) < 4.78 is 0. The van der Waals surface area contributed by atoms with E-state index in [1.807, 2.05) is 36.1 Å². The third-order valence-corrected chi connectivity index (χ3v) is 12.3. The van der Waals surface area contributed by atoms with Crippen LogP contribution in [0, 0.1) is 0 Å². The summed E-state index contributed by atoms with van der Waals surface area (Å²) in [6, 6.07) is 16.4. The molecule has 0 aromatic heterocycles. The molecule has 2 amide bonds. The van der Waals surface area contributed by atoms with Gasteiger partial charge in [-0.15, -0.1) is 13.2 Å². The summed E-state index contributed by atoms with van der Waals surface area (Å²) in [5.41, 5.74) is 5.91. The summed E-state index contributed by atoms with van der Waals surface area (Å²) in [7, 11) is -1.60. The maximum absolute atomic E-state index is 13.0.